The summed E-state index contributed by atoms with van der Waals surface area (Å²) in [6.07, 6.45) is 11.5. The smallest absolute Gasteiger partial charge is 0.142 e. The van der Waals surface area contributed by atoms with Gasteiger partial charge in [-0.05, 0) is 63.5 Å². The van der Waals surface area contributed by atoms with E-state index >= 15 is 0 Å². The number of rotatable bonds is 9. The van der Waals surface area contributed by atoms with Crippen molar-refractivity contribution in [2.45, 2.75) is 91.5 Å². The lowest BCUT2D eigenvalue weighted by molar-refractivity contribution is 0.0913. The van der Waals surface area contributed by atoms with Crippen LogP contribution in [0.25, 0.3) is 0 Å². The van der Waals surface area contributed by atoms with Gasteiger partial charge in [-0.3, -0.25) is 4.90 Å². The highest BCUT2D eigenvalue weighted by atomic mass is 16.5. The quantitative estimate of drug-likeness (QED) is 0.348. The zero-order chi connectivity index (χ0) is 21.7. The number of allylic oxidation sites excluding steroid dienone is 3. The van der Waals surface area contributed by atoms with Gasteiger partial charge < -0.3 is 9.84 Å². The van der Waals surface area contributed by atoms with E-state index in [0.29, 0.717) is 18.4 Å². The van der Waals surface area contributed by atoms with E-state index in [-0.39, 0.29) is 5.92 Å². The van der Waals surface area contributed by atoms with E-state index in [2.05, 4.69) is 45.2 Å². The summed E-state index contributed by atoms with van der Waals surface area (Å²) in [4.78, 5) is 2.41. The van der Waals surface area contributed by atoms with Gasteiger partial charge >= 0.3 is 0 Å². The standard InChI is InChI=1S/C27H41NO2/c1-6-8-10-11-21-16-25(29)26(23-15-20(5)12-13-22(23)19(3)4)27-24(21)17-28(18-30-27)14-9-7-2/h15-16,22-23,29H,3,6-14,17-18H2,1-2,4-5H3/t22-,23+/m0/s1. The normalized spacial score (nSPS) is 21.7. The average molecular weight is 412 g/mol. The first-order valence-electron chi connectivity index (χ1n) is 12.0. The molecule has 1 aliphatic carbocycles. The highest BCUT2D eigenvalue weighted by molar-refractivity contribution is 5.58. The third-order valence-corrected chi connectivity index (χ3v) is 6.86. The van der Waals surface area contributed by atoms with Crippen molar-refractivity contribution in [2.75, 3.05) is 13.3 Å². The number of benzene rings is 1. The largest absolute Gasteiger partial charge is 0.507 e. The molecular formula is C27H41NO2. The van der Waals surface area contributed by atoms with Crippen LogP contribution in [0.15, 0.2) is 29.9 Å². The van der Waals surface area contributed by atoms with Crippen molar-refractivity contribution < 1.29 is 9.84 Å². The summed E-state index contributed by atoms with van der Waals surface area (Å²) in [5.41, 5.74) is 6.16. The summed E-state index contributed by atoms with van der Waals surface area (Å²) in [6.45, 7) is 15.7. The zero-order valence-electron chi connectivity index (χ0n) is 19.6. The number of aryl methyl sites for hydroxylation is 1. The lowest BCUT2D eigenvalue weighted by atomic mass is 9.73. The molecule has 0 bridgehead atoms. The van der Waals surface area contributed by atoms with Gasteiger partial charge in [0.1, 0.15) is 18.2 Å². The van der Waals surface area contributed by atoms with Gasteiger partial charge in [0.25, 0.3) is 0 Å². The number of aromatic hydroxyl groups is 1. The van der Waals surface area contributed by atoms with Crippen molar-refractivity contribution in [3.63, 3.8) is 0 Å². The first-order valence-corrected chi connectivity index (χ1v) is 12.0. The molecule has 3 heteroatoms. The Balaban J connectivity index is 2.04. The molecule has 3 rings (SSSR count). The Morgan fingerprint density at radius 2 is 2.00 bits per heavy atom. The molecule has 0 saturated heterocycles. The number of phenols is 1. The van der Waals surface area contributed by atoms with Crippen molar-refractivity contribution in [3.8, 4) is 11.5 Å². The second-order valence-corrected chi connectivity index (χ2v) is 9.44. The monoisotopic (exact) mass is 411 g/mol. The third kappa shape index (κ3) is 5.11. The summed E-state index contributed by atoms with van der Waals surface area (Å²) < 4.78 is 6.42. The van der Waals surface area contributed by atoms with Crippen LogP contribution in [0.4, 0.5) is 0 Å². The number of hydrogen-bond donors (Lipinski definition) is 1. The van der Waals surface area contributed by atoms with Crippen LogP contribution in [0, 0.1) is 5.92 Å². The average Bonchev–Trinajstić information content (AvgIpc) is 2.72. The Hall–Kier alpha value is -1.74. The van der Waals surface area contributed by atoms with Gasteiger partial charge in [0.15, 0.2) is 0 Å². The minimum absolute atomic E-state index is 0.150. The molecular weight excluding hydrogens is 370 g/mol. The van der Waals surface area contributed by atoms with Crippen molar-refractivity contribution in [1.29, 1.82) is 0 Å². The lowest BCUT2D eigenvalue weighted by Gasteiger charge is -2.36. The fraction of sp³-hybridized carbons (Fsp3) is 0.630. The van der Waals surface area contributed by atoms with E-state index < -0.39 is 0 Å². The van der Waals surface area contributed by atoms with Crippen LogP contribution in [0.3, 0.4) is 0 Å². The maximum atomic E-state index is 11.2. The molecule has 2 atom stereocenters. The van der Waals surface area contributed by atoms with Gasteiger partial charge in [-0.15, -0.1) is 0 Å². The molecule has 0 unspecified atom stereocenters. The number of phenolic OH excluding ortho intramolecular Hbond substituents is 1. The van der Waals surface area contributed by atoms with Crippen LogP contribution in [0.2, 0.25) is 0 Å². The topological polar surface area (TPSA) is 32.7 Å². The van der Waals surface area contributed by atoms with Gasteiger partial charge in [0, 0.05) is 30.1 Å². The highest BCUT2D eigenvalue weighted by Gasteiger charge is 2.34. The molecule has 0 amide bonds. The summed E-state index contributed by atoms with van der Waals surface area (Å²) in [5, 5.41) is 11.2. The summed E-state index contributed by atoms with van der Waals surface area (Å²) in [5.74, 6) is 1.87. The van der Waals surface area contributed by atoms with Crippen LogP contribution >= 0.6 is 0 Å². The maximum absolute atomic E-state index is 11.2. The predicted octanol–water partition coefficient (Wildman–Crippen LogP) is 7.09. The Bertz CT molecular complexity index is 780. The summed E-state index contributed by atoms with van der Waals surface area (Å²) in [6, 6.07) is 2.05. The molecule has 0 fully saturated rings. The molecule has 1 heterocycles. The van der Waals surface area contributed by atoms with Crippen molar-refractivity contribution in [3.05, 3.63) is 46.6 Å². The van der Waals surface area contributed by atoms with Crippen molar-refractivity contribution >= 4 is 0 Å². The molecule has 1 aromatic rings. The molecule has 0 radical (unpaired) electrons. The van der Waals surface area contributed by atoms with Crippen molar-refractivity contribution in [1.82, 2.24) is 4.90 Å². The minimum Gasteiger partial charge on any atom is -0.507 e. The van der Waals surface area contributed by atoms with Gasteiger partial charge in [-0.1, -0.05) is 56.9 Å². The SMILES string of the molecule is C=C(C)[C@@H]1CCC(C)=C[C@H]1c1c(O)cc(CCCCC)c2c1OCN(CCCC)C2. The third-order valence-electron chi connectivity index (χ3n) is 6.86. The fourth-order valence-corrected chi connectivity index (χ4v) is 5.06. The van der Waals surface area contributed by atoms with Crippen LogP contribution < -0.4 is 4.74 Å². The number of nitrogens with zero attached hydrogens (tertiary/aromatic N) is 1. The predicted molar refractivity (Wildman–Crippen MR) is 126 cm³/mol. The fourth-order valence-electron chi connectivity index (χ4n) is 5.06. The summed E-state index contributed by atoms with van der Waals surface area (Å²) in [7, 11) is 0. The molecule has 1 N–H and O–H groups in total. The molecule has 3 nitrogen and oxygen atoms in total. The first-order chi connectivity index (χ1) is 14.5. The van der Waals surface area contributed by atoms with E-state index in [1.807, 2.05) is 6.07 Å². The Morgan fingerprint density at radius 1 is 1.23 bits per heavy atom. The molecule has 0 aromatic heterocycles. The molecule has 30 heavy (non-hydrogen) atoms. The summed E-state index contributed by atoms with van der Waals surface area (Å²) >= 11 is 0. The number of ether oxygens (including phenoxy) is 1. The van der Waals surface area contributed by atoms with Gasteiger partial charge in [-0.25, -0.2) is 0 Å². The van der Waals surface area contributed by atoms with Gasteiger partial charge in [0.2, 0.25) is 0 Å². The number of fused-ring (bicyclic) bond motifs is 1. The van der Waals surface area contributed by atoms with E-state index in [1.165, 1.54) is 48.0 Å². The highest BCUT2D eigenvalue weighted by Crippen LogP contribution is 2.49. The first kappa shape index (κ1) is 22.9. The lowest BCUT2D eigenvalue weighted by Crippen LogP contribution is -2.34. The van der Waals surface area contributed by atoms with Crippen LogP contribution in [0.5, 0.6) is 11.5 Å². The second-order valence-electron chi connectivity index (χ2n) is 9.44. The second kappa shape index (κ2) is 10.5. The van der Waals surface area contributed by atoms with Crippen LogP contribution in [-0.2, 0) is 13.0 Å². The Kier molecular flexibility index (Phi) is 8.05. The number of hydrogen-bond acceptors (Lipinski definition) is 3. The van der Waals surface area contributed by atoms with Crippen LogP contribution in [0.1, 0.15) is 95.2 Å². The molecule has 0 spiro atoms. The van der Waals surface area contributed by atoms with E-state index in [9.17, 15) is 5.11 Å². The molecule has 166 valence electrons. The zero-order valence-corrected chi connectivity index (χ0v) is 19.6. The van der Waals surface area contributed by atoms with E-state index in [4.69, 9.17) is 4.74 Å². The minimum atomic E-state index is 0.150. The van der Waals surface area contributed by atoms with E-state index in [0.717, 1.165) is 50.1 Å². The molecule has 1 aromatic carbocycles. The number of unbranched alkanes of at least 4 members (excludes halogenated alkanes) is 3. The molecule has 0 saturated carbocycles. The van der Waals surface area contributed by atoms with Gasteiger partial charge in [0.05, 0.1) is 0 Å². The van der Waals surface area contributed by atoms with Crippen LogP contribution in [-0.4, -0.2) is 23.3 Å². The Labute approximate surface area is 183 Å². The van der Waals surface area contributed by atoms with E-state index in [1.54, 1.807) is 0 Å². The maximum Gasteiger partial charge on any atom is 0.142 e. The van der Waals surface area contributed by atoms with Gasteiger partial charge in [-0.2, -0.15) is 0 Å². The van der Waals surface area contributed by atoms with Crippen molar-refractivity contribution in [2.24, 2.45) is 5.92 Å². The Morgan fingerprint density at radius 3 is 2.70 bits per heavy atom. The molecule has 1 aliphatic heterocycles. The molecule has 2 aliphatic rings.